The number of ether oxygens (including phenoxy) is 1. The molecule has 0 saturated carbocycles. The number of nitro benzene ring substituents is 1. The zero-order valence-corrected chi connectivity index (χ0v) is 21.7. The number of hydrogen-bond acceptors (Lipinski definition) is 7. The number of carbonyl (C=O) groups excluding carboxylic acids is 3. The molecule has 3 aliphatic heterocycles. The SMILES string of the molecule is O=C(OCc1ccccc1)N1CCN/C(=C2\C(=O)N(C3CCN(C(=O)C(F)(F)F)CC3)c3ccc([N+](=O)[O-])cc32)C1. The third kappa shape index (κ3) is 5.67. The van der Waals surface area contributed by atoms with Gasteiger partial charge < -0.3 is 24.8 Å². The predicted octanol–water partition coefficient (Wildman–Crippen LogP) is 3.45. The standard InChI is InChI=1S/C27H26F3N5O6/c28-27(29,30)25(37)32-11-8-18(9-12-32)34-22-7-6-19(35(39)40)14-20(22)23(24(34)36)21-15-33(13-10-31-21)26(38)41-16-17-4-2-1-3-5-17/h1-7,14,18,31H,8-13,15-16H2/b23-21-. The van der Waals surface area contributed by atoms with Gasteiger partial charge in [-0.25, -0.2) is 4.79 Å². The van der Waals surface area contributed by atoms with Crippen LogP contribution in [0.5, 0.6) is 0 Å². The summed E-state index contributed by atoms with van der Waals surface area (Å²) in [6.45, 7) is 0.265. The Morgan fingerprint density at radius 3 is 2.41 bits per heavy atom. The molecule has 1 N–H and O–H groups in total. The first-order chi connectivity index (χ1) is 19.5. The van der Waals surface area contributed by atoms with Gasteiger partial charge in [0.2, 0.25) is 0 Å². The Bertz CT molecular complexity index is 1410. The third-order valence-electron chi connectivity index (χ3n) is 7.35. The van der Waals surface area contributed by atoms with Crippen molar-refractivity contribution >= 4 is 34.9 Å². The van der Waals surface area contributed by atoms with E-state index in [9.17, 15) is 37.7 Å². The number of piperidine rings is 1. The fourth-order valence-corrected chi connectivity index (χ4v) is 5.35. The third-order valence-corrected chi connectivity index (χ3v) is 7.35. The van der Waals surface area contributed by atoms with Gasteiger partial charge in [0.05, 0.1) is 22.7 Å². The second-order valence-corrected chi connectivity index (χ2v) is 9.90. The van der Waals surface area contributed by atoms with Crippen molar-refractivity contribution in [2.75, 3.05) is 37.6 Å². The van der Waals surface area contributed by atoms with Gasteiger partial charge in [0.15, 0.2) is 0 Å². The minimum atomic E-state index is -4.99. The summed E-state index contributed by atoms with van der Waals surface area (Å²) in [5.41, 5.74) is 1.77. The average molecular weight is 574 g/mol. The number of anilines is 1. The number of hydrogen-bond donors (Lipinski definition) is 1. The molecule has 216 valence electrons. The van der Waals surface area contributed by atoms with Crippen molar-refractivity contribution in [1.29, 1.82) is 0 Å². The number of halogens is 3. The molecule has 0 aliphatic carbocycles. The monoisotopic (exact) mass is 573 g/mol. The van der Waals surface area contributed by atoms with Crippen molar-refractivity contribution < 1.29 is 37.2 Å². The van der Waals surface area contributed by atoms with Crippen molar-refractivity contribution in [1.82, 2.24) is 15.1 Å². The highest BCUT2D eigenvalue weighted by Crippen LogP contribution is 2.43. The number of rotatable bonds is 4. The van der Waals surface area contributed by atoms with Gasteiger partial charge in [0.1, 0.15) is 6.61 Å². The lowest BCUT2D eigenvalue weighted by molar-refractivity contribution is -0.384. The molecule has 41 heavy (non-hydrogen) atoms. The van der Waals surface area contributed by atoms with E-state index < -0.39 is 35.0 Å². The number of benzene rings is 2. The number of alkyl halides is 3. The molecule has 2 aromatic carbocycles. The number of piperazine rings is 1. The summed E-state index contributed by atoms with van der Waals surface area (Å²) in [5, 5.41) is 14.7. The van der Waals surface area contributed by atoms with Gasteiger partial charge in [0, 0.05) is 55.6 Å². The minimum absolute atomic E-state index is 0.0107. The first kappa shape index (κ1) is 27.9. The Kier molecular flexibility index (Phi) is 7.56. The molecule has 3 amide bonds. The number of nitrogens with one attached hydrogen (secondary N) is 1. The zero-order valence-electron chi connectivity index (χ0n) is 21.7. The summed E-state index contributed by atoms with van der Waals surface area (Å²) >= 11 is 0. The maximum absolute atomic E-state index is 13.9. The number of likely N-dealkylation sites (tertiary alicyclic amines) is 1. The lowest BCUT2D eigenvalue weighted by Crippen LogP contribution is -2.51. The van der Waals surface area contributed by atoms with E-state index in [4.69, 9.17) is 4.74 Å². The highest BCUT2D eigenvalue weighted by molar-refractivity contribution is 6.33. The molecule has 0 unspecified atom stereocenters. The molecule has 0 radical (unpaired) electrons. The number of amides is 3. The summed E-state index contributed by atoms with van der Waals surface area (Å²) in [6, 6.07) is 12.6. The summed E-state index contributed by atoms with van der Waals surface area (Å²) < 4.78 is 44.2. The Hall–Kier alpha value is -4.62. The van der Waals surface area contributed by atoms with Crippen molar-refractivity contribution in [3.05, 3.63) is 75.5 Å². The summed E-state index contributed by atoms with van der Waals surface area (Å²) in [5.74, 6) is -2.41. The number of carbonyl (C=O) groups is 3. The van der Waals surface area contributed by atoms with Crippen LogP contribution in [0.25, 0.3) is 5.57 Å². The van der Waals surface area contributed by atoms with Crippen molar-refractivity contribution in [2.45, 2.75) is 31.7 Å². The summed E-state index contributed by atoms with van der Waals surface area (Å²) in [7, 11) is 0. The molecule has 11 nitrogen and oxygen atoms in total. The first-order valence-corrected chi connectivity index (χ1v) is 13.0. The summed E-state index contributed by atoms with van der Waals surface area (Å²) in [6.07, 6.45) is -5.38. The fraction of sp³-hybridized carbons (Fsp3) is 0.370. The number of nitro groups is 1. The molecule has 3 aliphatic rings. The Balaban J connectivity index is 1.40. The van der Waals surface area contributed by atoms with Crippen LogP contribution in [0.15, 0.2) is 54.2 Å². The summed E-state index contributed by atoms with van der Waals surface area (Å²) in [4.78, 5) is 52.9. The van der Waals surface area contributed by atoms with Crippen LogP contribution < -0.4 is 10.2 Å². The second-order valence-electron chi connectivity index (χ2n) is 9.90. The Labute approximate surface area is 232 Å². The molecule has 0 spiro atoms. The highest BCUT2D eigenvalue weighted by Gasteiger charge is 2.46. The van der Waals surface area contributed by atoms with E-state index in [1.807, 2.05) is 30.3 Å². The van der Waals surface area contributed by atoms with Crippen LogP contribution in [-0.4, -0.2) is 77.6 Å². The van der Waals surface area contributed by atoms with Crippen molar-refractivity contribution in [3.8, 4) is 0 Å². The van der Waals surface area contributed by atoms with Crippen molar-refractivity contribution in [2.24, 2.45) is 0 Å². The quantitative estimate of drug-likeness (QED) is 0.338. The van der Waals surface area contributed by atoms with Crippen LogP contribution >= 0.6 is 0 Å². The minimum Gasteiger partial charge on any atom is -0.445 e. The van der Waals surface area contributed by atoms with Gasteiger partial charge in [-0.05, 0) is 24.5 Å². The number of nitrogens with zero attached hydrogens (tertiary/aromatic N) is 4. The van der Waals surface area contributed by atoms with Gasteiger partial charge in [-0.3, -0.25) is 19.7 Å². The normalized spacial score (nSPS) is 19.6. The second kappa shape index (κ2) is 11.1. The molecule has 0 bridgehead atoms. The number of fused-ring (bicyclic) bond motifs is 1. The predicted molar refractivity (Wildman–Crippen MR) is 139 cm³/mol. The van der Waals surface area contributed by atoms with E-state index in [-0.39, 0.29) is 50.3 Å². The molecular formula is C27H26F3N5O6. The maximum Gasteiger partial charge on any atom is 0.471 e. The zero-order chi connectivity index (χ0) is 29.3. The van der Waals surface area contributed by atoms with Crippen LogP contribution in [-0.2, 0) is 20.9 Å². The van der Waals surface area contributed by atoms with E-state index >= 15 is 0 Å². The van der Waals surface area contributed by atoms with E-state index in [0.717, 1.165) is 10.5 Å². The largest absolute Gasteiger partial charge is 0.471 e. The number of non-ortho nitro benzene ring substituents is 1. The molecule has 3 heterocycles. The van der Waals surface area contributed by atoms with Crippen LogP contribution in [0.2, 0.25) is 0 Å². The van der Waals surface area contributed by atoms with Gasteiger partial charge >= 0.3 is 18.2 Å². The van der Waals surface area contributed by atoms with Gasteiger partial charge in [-0.2, -0.15) is 13.2 Å². The Morgan fingerprint density at radius 2 is 1.76 bits per heavy atom. The van der Waals surface area contributed by atoms with Crippen molar-refractivity contribution in [3.63, 3.8) is 0 Å². The van der Waals surface area contributed by atoms with E-state index in [0.29, 0.717) is 30.0 Å². The van der Waals surface area contributed by atoms with E-state index in [1.165, 1.54) is 28.0 Å². The fourth-order valence-electron chi connectivity index (χ4n) is 5.35. The molecule has 2 saturated heterocycles. The highest BCUT2D eigenvalue weighted by atomic mass is 19.4. The molecule has 5 rings (SSSR count). The lowest BCUT2D eigenvalue weighted by Gasteiger charge is -2.37. The average Bonchev–Trinajstić information content (AvgIpc) is 3.26. The lowest BCUT2D eigenvalue weighted by atomic mass is 10.0. The van der Waals surface area contributed by atoms with Gasteiger partial charge in [-0.1, -0.05) is 30.3 Å². The topological polar surface area (TPSA) is 125 Å². The van der Waals surface area contributed by atoms with Gasteiger partial charge in [0.25, 0.3) is 11.6 Å². The van der Waals surface area contributed by atoms with Crippen LogP contribution in [0.1, 0.15) is 24.0 Å². The molecule has 2 aromatic rings. The molecule has 14 heteroatoms. The molecule has 0 aromatic heterocycles. The van der Waals surface area contributed by atoms with E-state index in [1.54, 1.807) is 0 Å². The smallest absolute Gasteiger partial charge is 0.445 e. The van der Waals surface area contributed by atoms with Crippen LogP contribution in [0, 0.1) is 10.1 Å². The molecular weight excluding hydrogens is 547 g/mol. The van der Waals surface area contributed by atoms with Gasteiger partial charge in [-0.15, -0.1) is 0 Å². The first-order valence-electron chi connectivity index (χ1n) is 13.0. The maximum atomic E-state index is 13.9. The van der Waals surface area contributed by atoms with Crippen LogP contribution in [0.4, 0.5) is 29.3 Å². The van der Waals surface area contributed by atoms with E-state index in [2.05, 4.69) is 5.32 Å². The van der Waals surface area contributed by atoms with Crippen LogP contribution in [0.3, 0.4) is 0 Å². The Morgan fingerprint density at radius 1 is 1.05 bits per heavy atom. The molecule has 0 atom stereocenters. The molecule has 2 fully saturated rings.